The fourth-order valence-corrected chi connectivity index (χ4v) is 1.55. The monoisotopic (exact) mass is 299 g/mol. The molecule has 0 spiro atoms. The van der Waals surface area contributed by atoms with Crippen molar-refractivity contribution in [3.8, 4) is 11.5 Å². The van der Waals surface area contributed by atoms with E-state index in [0.29, 0.717) is 29.9 Å². The van der Waals surface area contributed by atoms with Gasteiger partial charge in [0.2, 0.25) is 0 Å². The van der Waals surface area contributed by atoms with Gasteiger partial charge in [-0.1, -0.05) is 0 Å². The topological polar surface area (TPSA) is 97.1 Å². The highest BCUT2D eigenvalue weighted by Gasteiger charge is 2.11. The Hall–Kier alpha value is -2.51. The number of esters is 1. The van der Waals surface area contributed by atoms with Crippen LogP contribution in [-0.2, 0) is 9.57 Å². The van der Waals surface area contributed by atoms with E-state index in [1.54, 1.807) is 12.1 Å². The molecule has 0 N–H and O–H groups in total. The number of hydrogen-bond donors (Lipinski definition) is 0. The Balaban J connectivity index is 2.40. The summed E-state index contributed by atoms with van der Waals surface area (Å²) in [6.45, 7) is 0.148. The van der Waals surface area contributed by atoms with Gasteiger partial charge >= 0.3 is 5.97 Å². The highest BCUT2D eigenvalue weighted by molar-refractivity contribution is 5.90. The number of rotatable bonds is 9. The SMILES string of the molecule is COc1ccc(C(=O)OCCCCO[N+](=O)[O-])cc1OC. The quantitative estimate of drug-likeness (QED) is 0.297. The molecule has 0 aliphatic heterocycles. The maximum Gasteiger partial charge on any atom is 0.338 e. The predicted octanol–water partition coefficient (Wildman–Crippen LogP) is 1.85. The van der Waals surface area contributed by atoms with E-state index in [1.807, 2.05) is 0 Å². The molecule has 8 nitrogen and oxygen atoms in total. The zero-order valence-corrected chi connectivity index (χ0v) is 11.9. The van der Waals surface area contributed by atoms with Gasteiger partial charge in [-0.05, 0) is 31.0 Å². The molecule has 0 amide bonds. The third-order valence-corrected chi connectivity index (χ3v) is 2.59. The fraction of sp³-hybridized carbons (Fsp3) is 0.462. The van der Waals surface area contributed by atoms with Crippen molar-refractivity contribution in [3.05, 3.63) is 33.9 Å². The molecule has 0 atom stereocenters. The number of methoxy groups -OCH3 is 2. The molecule has 0 fully saturated rings. The van der Waals surface area contributed by atoms with Gasteiger partial charge in [0.15, 0.2) is 11.5 Å². The van der Waals surface area contributed by atoms with Crippen LogP contribution >= 0.6 is 0 Å². The van der Waals surface area contributed by atoms with Crippen LogP contribution in [0.25, 0.3) is 0 Å². The van der Waals surface area contributed by atoms with Crippen LogP contribution in [-0.4, -0.2) is 38.5 Å². The molecule has 0 aliphatic rings. The highest BCUT2D eigenvalue weighted by Crippen LogP contribution is 2.27. The minimum Gasteiger partial charge on any atom is -0.493 e. The molecule has 21 heavy (non-hydrogen) atoms. The average molecular weight is 299 g/mol. The van der Waals surface area contributed by atoms with Gasteiger partial charge in [0, 0.05) is 0 Å². The summed E-state index contributed by atoms with van der Waals surface area (Å²) >= 11 is 0. The summed E-state index contributed by atoms with van der Waals surface area (Å²) in [6.07, 6.45) is 0.910. The average Bonchev–Trinajstić information content (AvgIpc) is 2.49. The second-order valence-corrected chi connectivity index (χ2v) is 3.97. The normalized spacial score (nSPS) is 9.81. The van der Waals surface area contributed by atoms with Crippen LogP contribution in [0.2, 0.25) is 0 Å². The maximum atomic E-state index is 11.8. The highest BCUT2D eigenvalue weighted by atomic mass is 16.9. The van der Waals surface area contributed by atoms with Crippen molar-refractivity contribution < 1.29 is 28.9 Å². The minimum atomic E-state index is -0.852. The van der Waals surface area contributed by atoms with Crippen LogP contribution in [0.5, 0.6) is 11.5 Å². The Bertz CT molecular complexity index is 489. The van der Waals surface area contributed by atoms with E-state index >= 15 is 0 Å². The first kappa shape index (κ1) is 16.5. The summed E-state index contributed by atoms with van der Waals surface area (Å²) in [5, 5.41) is 9.06. The van der Waals surface area contributed by atoms with E-state index in [9.17, 15) is 14.9 Å². The van der Waals surface area contributed by atoms with Crippen LogP contribution in [0.4, 0.5) is 0 Å². The number of carbonyl (C=O) groups excluding carboxylic acids is 1. The van der Waals surface area contributed by atoms with Gasteiger partial charge in [-0.15, -0.1) is 10.1 Å². The molecule has 116 valence electrons. The molecular formula is C13H17NO7. The Morgan fingerprint density at radius 1 is 1.14 bits per heavy atom. The molecule has 0 unspecified atom stereocenters. The van der Waals surface area contributed by atoms with Crippen LogP contribution in [0, 0.1) is 10.1 Å². The number of ether oxygens (including phenoxy) is 3. The van der Waals surface area contributed by atoms with Crippen LogP contribution in [0.3, 0.4) is 0 Å². The number of unbranched alkanes of at least 4 members (excludes halogenated alkanes) is 1. The lowest BCUT2D eigenvalue weighted by molar-refractivity contribution is -0.757. The zero-order chi connectivity index (χ0) is 15.7. The zero-order valence-electron chi connectivity index (χ0n) is 11.9. The van der Waals surface area contributed by atoms with E-state index in [1.165, 1.54) is 20.3 Å². The predicted molar refractivity (Wildman–Crippen MR) is 72.0 cm³/mol. The van der Waals surface area contributed by atoms with E-state index < -0.39 is 11.1 Å². The largest absolute Gasteiger partial charge is 0.493 e. The smallest absolute Gasteiger partial charge is 0.338 e. The second-order valence-electron chi connectivity index (χ2n) is 3.97. The third-order valence-electron chi connectivity index (χ3n) is 2.59. The van der Waals surface area contributed by atoms with Crippen molar-refractivity contribution in [2.75, 3.05) is 27.4 Å². The van der Waals surface area contributed by atoms with Gasteiger partial charge < -0.3 is 19.0 Å². The molecular weight excluding hydrogens is 282 g/mol. The van der Waals surface area contributed by atoms with Crippen molar-refractivity contribution in [2.45, 2.75) is 12.8 Å². The van der Waals surface area contributed by atoms with Crippen molar-refractivity contribution in [1.82, 2.24) is 0 Å². The summed E-state index contributed by atoms with van der Waals surface area (Å²) in [7, 11) is 2.98. The lowest BCUT2D eigenvalue weighted by Crippen LogP contribution is -2.08. The molecule has 0 radical (unpaired) electrons. The second kappa shape index (κ2) is 8.62. The Kier molecular flexibility index (Phi) is 6.79. The summed E-state index contributed by atoms with van der Waals surface area (Å²) in [5.41, 5.74) is 0.342. The van der Waals surface area contributed by atoms with E-state index in [-0.39, 0.29) is 13.2 Å². The molecule has 1 rings (SSSR count). The molecule has 8 heteroatoms. The summed E-state index contributed by atoms with van der Waals surface area (Å²) in [6, 6.07) is 4.71. The maximum absolute atomic E-state index is 11.8. The van der Waals surface area contributed by atoms with Gasteiger partial charge in [-0.25, -0.2) is 4.79 Å². The molecule has 0 bridgehead atoms. The van der Waals surface area contributed by atoms with Gasteiger partial charge in [-0.3, -0.25) is 0 Å². The van der Waals surface area contributed by atoms with Crippen molar-refractivity contribution in [3.63, 3.8) is 0 Å². The number of carbonyl (C=O) groups is 1. The number of hydrogen-bond acceptors (Lipinski definition) is 7. The van der Waals surface area contributed by atoms with Gasteiger partial charge in [0.1, 0.15) is 0 Å². The number of benzene rings is 1. The Labute approximate surface area is 121 Å². The van der Waals surface area contributed by atoms with Gasteiger partial charge in [0.25, 0.3) is 5.09 Å². The summed E-state index contributed by atoms with van der Waals surface area (Å²) in [5.74, 6) is 0.462. The van der Waals surface area contributed by atoms with E-state index in [4.69, 9.17) is 14.2 Å². The van der Waals surface area contributed by atoms with E-state index in [2.05, 4.69) is 4.84 Å². The van der Waals surface area contributed by atoms with Gasteiger partial charge in [-0.2, -0.15) is 0 Å². The molecule has 0 aromatic heterocycles. The van der Waals surface area contributed by atoms with Crippen LogP contribution in [0.1, 0.15) is 23.2 Å². The van der Waals surface area contributed by atoms with Crippen molar-refractivity contribution in [2.24, 2.45) is 0 Å². The van der Waals surface area contributed by atoms with Crippen molar-refractivity contribution in [1.29, 1.82) is 0 Å². The number of nitrogens with zero attached hydrogens (tertiary/aromatic N) is 1. The first-order chi connectivity index (χ1) is 10.1. The third kappa shape index (κ3) is 5.55. The molecule has 1 aromatic rings. The van der Waals surface area contributed by atoms with Crippen molar-refractivity contribution >= 4 is 5.97 Å². The lowest BCUT2D eigenvalue weighted by Gasteiger charge is -2.09. The standard InChI is InChI=1S/C13H17NO7/c1-18-11-6-5-10(9-12(11)19-2)13(15)20-7-3-4-8-21-14(16)17/h5-6,9H,3-4,7-8H2,1-2H3. The minimum absolute atomic E-state index is 0.0130. The molecule has 0 aliphatic carbocycles. The fourth-order valence-electron chi connectivity index (χ4n) is 1.55. The Morgan fingerprint density at radius 2 is 1.81 bits per heavy atom. The lowest BCUT2D eigenvalue weighted by atomic mass is 10.2. The summed E-state index contributed by atoms with van der Waals surface area (Å²) in [4.78, 5) is 25.8. The van der Waals surface area contributed by atoms with E-state index in [0.717, 1.165) is 0 Å². The first-order valence-electron chi connectivity index (χ1n) is 6.25. The van der Waals surface area contributed by atoms with Gasteiger partial charge in [0.05, 0.1) is 33.0 Å². The van der Waals surface area contributed by atoms with Crippen LogP contribution in [0.15, 0.2) is 18.2 Å². The molecule has 1 aromatic carbocycles. The summed E-state index contributed by atoms with van der Waals surface area (Å²) < 4.78 is 15.2. The first-order valence-corrected chi connectivity index (χ1v) is 6.25. The van der Waals surface area contributed by atoms with Crippen LogP contribution < -0.4 is 9.47 Å². The molecule has 0 heterocycles. The molecule has 0 saturated carbocycles. The Morgan fingerprint density at radius 3 is 2.43 bits per heavy atom. The molecule has 0 saturated heterocycles.